The third-order valence-corrected chi connectivity index (χ3v) is 3.09. The Morgan fingerprint density at radius 2 is 1.88 bits per heavy atom. The summed E-state index contributed by atoms with van der Waals surface area (Å²) in [5.74, 6) is -0.900. The molecule has 5 heteroatoms. The van der Waals surface area contributed by atoms with Crippen molar-refractivity contribution in [1.82, 2.24) is 5.43 Å². The van der Waals surface area contributed by atoms with Crippen LogP contribution in [0.15, 0.2) is 29.4 Å². The van der Waals surface area contributed by atoms with Crippen LogP contribution in [0.4, 0.5) is 5.69 Å². The first kappa shape index (κ1) is 10.0. The van der Waals surface area contributed by atoms with Gasteiger partial charge in [0.05, 0.1) is 5.69 Å². The Balaban J connectivity index is 1.99. The van der Waals surface area contributed by atoms with E-state index in [0.717, 1.165) is 5.56 Å². The highest BCUT2D eigenvalue weighted by Crippen LogP contribution is 2.27. The molecule has 0 spiro atoms. The van der Waals surface area contributed by atoms with Crippen LogP contribution < -0.4 is 10.3 Å². The summed E-state index contributed by atoms with van der Waals surface area (Å²) in [4.78, 5) is 25.3. The Hall–Kier alpha value is -2.17. The van der Waals surface area contributed by atoms with Gasteiger partial charge in [-0.15, -0.1) is 0 Å². The standard InChI is InChI=1S/C12H11N3O2/c1-7-2-4-8(5-3-7)15-11(16)9-6-13-14-10(9)12(15)17/h2-6,9-10,14H,1H3/t9-,10-/m1/s1. The quantitative estimate of drug-likeness (QED) is 0.711. The van der Waals surface area contributed by atoms with E-state index >= 15 is 0 Å². The maximum atomic E-state index is 12.1. The number of hydrogen-bond donors (Lipinski definition) is 1. The normalized spacial score (nSPS) is 26.3. The van der Waals surface area contributed by atoms with E-state index in [1.807, 2.05) is 19.1 Å². The van der Waals surface area contributed by atoms with Crippen molar-refractivity contribution >= 4 is 23.7 Å². The summed E-state index contributed by atoms with van der Waals surface area (Å²) in [5.41, 5.74) is 4.38. The second-order valence-corrected chi connectivity index (χ2v) is 4.26. The van der Waals surface area contributed by atoms with E-state index in [2.05, 4.69) is 10.5 Å². The highest BCUT2D eigenvalue weighted by molar-refractivity contribution is 6.28. The number of carbonyl (C=O) groups is 2. The molecule has 0 aromatic heterocycles. The van der Waals surface area contributed by atoms with Gasteiger partial charge in [0.2, 0.25) is 5.91 Å². The molecule has 2 atom stereocenters. The minimum Gasteiger partial charge on any atom is -0.297 e. The third-order valence-electron chi connectivity index (χ3n) is 3.09. The summed E-state index contributed by atoms with van der Waals surface area (Å²) >= 11 is 0. The average Bonchev–Trinajstić information content (AvgIpc) is 2.87. The molecule has 1 N–H and O–H groups in total. The number of anilines is 1. The molecule has 5 nitrogen and oxygen atoms in total. The molecule has 1 aromatic rings. The summed E-state index contributed by atoms with van der Waals surface area (Å²) in [6, 6.07) is 6.80. The molecule has 2 aliphatic heterocycles. The molecule has 1 aromatic carbocycles. The number of amides is 2. The molecule has 0 unspecified atom stereocenters. The van der Waals surface area contributed by atoms with Crippen LogP contribution in [-0.4, -0.2) is 24.1 Å². The van der Waals surface area contributed by atoms with Crippen molar-refractivity contribution in [3.8, 4) is 0 Å². The van der Waals surface area contributed by atoms with Crippen molar-refractivity contribution in [3.63, 3.8) is 0 Å². The number of hydrogen-bond acceptors (Lipinski definition) is 4. The Morgan fingerprint density at radius 3 is 2.53 bits per heavy atom. The van der Waals surface area contributed by atoms with Gasteiger partial charge >= 0.3 is 0 Å². The van der Waals surface area contributed by atoms with Crippen LogP contribution in [-0.2, 0) is 9.59 Å². The summed E-state index contributed by atoms with van der Waals surface area (Å²) in [6.07, 6.45) is 1.50. The number of rotatable bonds is 1. The van der Waals surface area contributed by atoms with Crippen LogP contribution in [0, 0.1) is 12.8 Å². The first-order valence-electron chi connectivity index (χ1n) is 5.41. The zero-order valence-corrected chi connectivity index (χ0v) is 9.25. The van der Waals surface area contributed by atoms with Crippen molar-refractivity contribution in [1.29, 1.82) is 0 Å². The van der Waals surface area contributed by atoms with Crippen LogP contribution >= 0.6 is 0 Å². The number of nitrogens with zero attached hydrogens (tertiary/aromatic N) is 2. The molecular formula is C12H11N3O2. The summed E-state index contributed by atoms with van der Waals surface area (Å²) in [7, 11) is 0. The number of aryl methyl sites for hydroxylation is 1. The zero-order valence-electron chi connectivity index (χ0n) is 9.25. The summed E-state index contributed by atoms with van der Waals surface area (Å²) in [6.45, 7) is 1.96. The van der Waals surface area contributed by atoms with Gasteiger partial charge in [-0.05, 0) is 19.1 Å². The second kappa shape index (κ2) is 3.41. The molecular weight excluding hydrogens is 218 g/mol. The van der Waals surface area contributed by atoms with Crippen molar-refractivity contribution in [3.05, 3.63) is 29.8 Å². The lowest BCUT2D eigenvalue weighted by Gasteiger charge is -2.15. The van der Waals surface area contributed by atoms with Crippen LogP contribution in [0.1, 0.15) is 5.56 Å². The molecule has 86 valence electrons. The lowest BCUT2D eigenvalue weighted by atomic mass is 10.1. The highest BCUT2D eigenvalue weighted by Gasteiger charge is 2.49. The van der Waals surface area contributed by atoms with Crippen molar-refractivity contribution < 1.29 is 9.59 Å². The van der Waals surface area contributed by atoms with Crippen molar-refractivity contribution in [2.45, 2.75) is 13.0 Å². The number of benzene rings is 1. The van der Waals surface area contributed by atoms with E-state index in [-0.39, 0.29) is 11.8 Å². The minimum atomic E-state index is -0.524. The molecule has 0 radical (unpaired) electrons. The average molecular weight is 229 g/mol. The number of imide groups is 1. The van der Waals surface area contributed by atoms with Crippen LogP contribution in [0.2, 0.25) is 0 Å². The fourth-order valence-corrected chi connectivity index (χ4v) is 2.13. The van der Waals surface area contributed by atoms with Gasteiger partial charge in [0.15, 0.2) is 0 Å². The van der Waals surface area contributed by atoms with E-state index in [9.17, 15) is 9.59 Å². The number of nitrogens with one attached hydrogen (secondary N) is 1. The fraction of sp³-hybridized carbons (Fsp3) is 0.250. The monoisotopic (exact) mass is 229 g/mol. The molecule has 0 saturated carbocycles. The molecule has 2 amide bonds. The van der Waals surface area contributed by atoms with Gasteiger partial charge in [-0.2, -0.15) is 5.10 Å². The van der Waals surface area contributed by atoms with Gasteiger partial charge < -0.3 is 0 Å². The largest absolute Gasteiger partial charge is 0.297 e. The Labute approximate surface area is 98.1 Å². The predicted molar refractivity (Wildman–Crippen MR) is 62.6 cm³/mol. The number of hydrazone groups is 1. The van der Waals surface area contributed by atoms with Gasteiger partial charge in [0.25, 0.3) is 5.91 Å². The predicted octanol–water partition coefficient (Wildman–Crippen LogP) is 0.442. The zero-order chi connectivity index (χ0) is 12.0. The third kappa shape index (κ3) is 1.35. The topological polar surface area (TPSA) is 61.8 Å². The van der Waals surface area contributed by atoms with Gasteiger partial charge in [0.1, 0.15) is 12.0 Å². The number of carbonyl (C=O) groups excluding carboxylic acids is 2. The number of fused-ring (bicyclic) bond motifs is 1. The lowest BCUT2D eigenvalue weighted by molar-refractivity contribution is -0.122. The Kier molecular flexibility index (Phi) is 2.01. The first-order valence-corrected chi connectivity index (χ1v) is 5.41. The van der Waals surface area contributed by atoms with E-state index in [1.54, 1.807) is 12.1 Å². The van der Waals surface area contributed by atoms with E-state index in [4.69, 9.17) is 0 Å². The van der Waals surface area contributed by atoms with Gasteiger partial charge in [-0.25, -0.2) is 4.90 Å². The second-order valence-electron chi connectivity index (χ2n) is 4.26. The highest BCUT2D eigenvalue weighted by atomic mass is 16.2. The molecule has 2 heterocycles. The molecule has 3 rings (SSSR count). The van der Waals surface area contributed by atoms with E-state index in [0.29, 0.717) is 5.69 Å². The lowest BCUT2D eigenvalue weighted by Crippen LogP contribution is -2.36. The maximum Gasteiger partial charge on any atom is 0.259 e. The van der Waals surface area contributed by atoms with Gasteiger partial charge in [-0.1, -0.05) is 17.7 Å². The van der Waals surface area contributed by atoms with Crippen LogP contribution in [0.5, 0.6) is 0 Å². The molecule has 17 heavy (non-hydrogen) atoms. The molecule has 1 fully saturated rings. The van der Waals surface area contributed by atoms with Crippen LogP contribution in [0.3, 0.4) is 0 Å². The summed E-state index contributed by atoms with van der Waals surface area (Å²) in [5, 5.41) is 3.77. The van der Waals surface area contributed by atoms with Crippen molar-refractivity contribution in [2.24, 2.45) is 11.0 Å². The summed E-state index contributed by atoms with van der Waals surface area (Å²) < 4.78 is 0. The molecule has 0 aliphatic carbocycles. The van der Waals surface area contributed by atoms with Crippen molar-refractivity contribution in [2.75, 3.05) is 4.90 Å². The van der Waals surface area contributed by atoms with Gasteiger partial charge in [-0.3, -0.25) is 15.0 Å². The molecule has 1 saturated heterocycles. The Bertz CT molecular complexity index is 521. The van der Waals surface area contributed by atoms with Crippen LogP contribution in [0.25, 0.3) is 0 Å². The van der Waals surface area contributed by atoms with E-state index < -0.39 is 12.0 Å². The van der Waals surface area contributed by atoms with E-state index in [1.165, 1.54) is 11.1 Å². The maximum absolute atomic E-state index is 12.1. The molecule has 2 aliphatic rings. The first-order chi connectivity index (χ1) is 8.18. The minimum absolute atomic E-state index is 0.211. The SMILES string of the molecule is Cc1ccc(N2C(=O)[C@@H]3C=NN[C@H]3C2=O)cc1. The Morgan fingerprint density at radius 1 is 1.18 bits per heavy atom. The fourth-order valence-electron chi connectivity index (χ4n) is 2.13. The smallest absolute Gasteiger partial charge is 0.259 e. The molecule has 0 bridgehead atoms. The van der Waals surface area contributed by atoms with Gasteiger partial charge in [0, 0.05) is 6.21 Å².